The van der Waals surface area contributed by atoms with Crippen molar-refractivity contribution in [1.29, 1.82) is 0 Å². The zero-order valence-electron chi connectivity index (χ0n) is 16.6. The minimum absolute atomic E-state index is 0.111. The average Bonchev–Trinajstić information content (AvgIpc) is 2.86. The predicted octanol–water partition coefficient (Wildman–Crippen LogP) is 5.39. The minimum atomic E-state index is -0.550. The van der Waals surface area contributed by atoms with Crippen molar-refractivity contribution in [2.24, 2.45) is 0 Å². The van der Waals surface area contributed by atoms with Gasteiger partial charge in [-0.05, 0) is 73.0 Å². The van der Waals surface area contributed by atoms with Gasteiger partial charge >= 0.3 is 0 Å². The lowest BCUT2D eigenvalue weighted by Gasteiger charge is -2.31. The lowest BCUT2D eigenvalue weighted by Crippen LogP contribution is -2.39. The first-order chi connectivity index (χ1) is 14.3. The van der Waals surface area contributed by atoms with E-state index in [4.69, 9.17) is 0 Å². The summed E-state index contributed by atoms with van der Waals surface area (Å²) in [6.07, 6.45) is 0. The number of fused-ring (bicyclic) bond motifs is 1. The topological polar surface area (TPSA) is 49.4 Å². The number of aryl methyl sites for hydroxylation is 2. The van der Waals surface area contributed by atoms with E-state index in [1.54, 1.807) is 29.2 Å². The van der Waals surface area contributed by atoms with Crippen molar-refractivity contribution in [3.05, 3.63) is 98.8 Å². The maximum Gasteiger partial charge on any atom is 0.255 e. The smallest absolute Gasteiger partial charge is 0.255 e. The largest absolute Gasteiger partial charge is 0.324 e. The van der Waals surface area contributed by atoms with E-state index < -0.39 is 6.04 Å². The first kappa shape index (κ1) is 20.3. The van der Waals surface area contributed by atoms with E-state index in [0.29, 0.717) is 11.3 Å². The number of carbonyl (C=O) groups excluding carboxylic acids is 2. The SMILES string of the molecule is Cc1ccc(C(=O)N2CC(=O)Nc3ccc(Br)cc3[C@H]2c2ccc(F)cc2)cc1C. The number of hydrogen-bond acceptors (Lipinski definition) is 2. The zero-order chi connectivity index (χ0) is 21.4. The minimum Gasteiger partial charge on any atom is -0.324 e. The summed E-state index contributed by atoms with van der Waals surface area (Å²) < 4.78 is 14.4. The Balaban J connectivity index is 1.89. The third kappa shape index (κ3) is 3.87. The molecule has 1 aliphatic rings. The van der Waals surface area contributed by atoms with E-state index in [0.717, 1.165) is 26.7 Å². The van der Waals surface area contributed by atoms with E-state index in [1.165, 1.54) is 12.1 Å². The van der Waals surface area contributed by atoms with Gasteiger partial charge < -0.3 is 10.2 Å². The standard InChI is InChI=1S/C24H20BrFN2O2/c1-14-3-4-17(11-15(14)2)24(30)28-13-22(29)27-21-10-7-18(25)12-20(21)23(28)16-5-8-19(26)9-6-16/h3-12,23H,13H2,1-2H3,(H,27,29)/t23-/m1/s1. The summed E-state index contributed by atoms with van der Waals surface area (Å²) in [6, 6.07) is 16.5. The van der Waals surface area contributed by atoms with E-state index in [2.05, 4.69) is 21.2 Å². The molecule has 0 aromatic heterocycles. The molecule has 3 aromatic rings. The molecule has 0 aliphatic carbocycles. The highest BCUT2D eigenvalue weighted by Crippen LogP contribution is 2.38. The van der Waals surface area contributed by atoms with Gasteiger partial charge in [-0.15, -0.1) is 0 Å². The van der Waals surface area contributed by atoms with Gasteiger partial charge in [-0.3, -0.25) is 9.59 Å². The number of nitrogens with one attached hydrogen (secondary N) is 1. The summed E-state index contributed by atoms with van der Waals surface area (Å²) >= 11 is 3.49. The second-order valence-corrected chi connectivity index (χ2v) is 8.38. The number of anilines is 1. The molecule has 0 fully saturated rings. The van der Waals surface area contributed by atoms with Gasteiger partial charge in [-0.25, -0.2) is 4.39 Å². The van der Waals surface area contributed by atoms with Gasteiger partial charge in [0, 0.05) is 21.3 Å². The molecule has 4 rings (SSSR count). The molecule has 2 amide bonds. The molecule has 1 N–H and O–H groups in total. The van der Waals surface area contributed by atoms with Crippen molar-refractivity contribution >= 4 is 33.4 Å². The summed E-state index contributed by atoms with van der Waals surface area (Å²) in [4.78, 5) is 27.8. The Kier molecular flexibility index (Phi) is 5.43. The Labute approximate surface area is 182 Å². The molecule has 0 saturated heterocycles. The maximum atomic E-state index is 13.6. The van der Waals surface area contributed by atoms with Gasteiger partial charge in [0.2, 0.25) is 5.91 Å². The summed E-state index contributed by atoms with van der Waals surface area (Å²) in [5.74, 6) is -0.890. The molecule has 152 valence electrons. The van der Waals surface area contributed by atoms with Crippen LogP contribution in [0.25, 0.3) is 0 Å². The lowest BCUT2D eigenvalue weighted by molar-refractivity contribution is -0.117. The number of amides is 2. The molecule has 1 heterocycles. The van der Waals surface area contributed by atoms with E-state index in [1.807, 2.05) is 38.1 Å². The maximum absolute atomic E-state index is 13.6. The molecule has 1 aliphatic heterocycles. The molecule has 6 heteroatoms. The molecule has 0 unspecified atom stereocenters. The van der Waals surface area contributed by atoms with Crippen LogP contribution < -0.4 is 5.32 Å². The average molecular weight is 467 g/mol. The summed E-state index contributed by atoms with van der Waals surface area (Å²) in [7, 11) is 0. The van der Waals surface area contributed by atoms with Crippen LogP contribution in [0.4, 0.5) is 10.1 Å². The van der Waals surface area contributed by atoms with E-state index in [-0.39, 0.29) is 24.2 Å². The third-order valence-electron chi connectivity index (χ3n) is 5.41. The molecule has 0 saturated carbocycles. The van der Waals surface area contributed by atoms with Gasteiger partial charge in [0.05, 0.1) is 6.04 Å². The fourth-order valence-corrected chi connectivity index (χ4v) is 4.09. The molecule has 4 nitrogen and oxygen atoms in total. The lowest BCUT2D eigenvalue weighted by atomic mass is 9.95. The van der Waals surface area contributed by atoms with Crippen LogP contribution in [0.15, 0.2) is 65.1 Å². The molecule has 1 atom stereocenters. The number of nitrogens with zero attached hydrogens (tertiary/aromatic N) is 1. The van der Waals surface area contributed by atoms with Crippen molar-refractivity contribution in [1.82, 2.24) is 4.90 Å². The summed E-state index contributed by atoms with van der Waals surface area (Å²) in [6.45, 7) is 3.82. The van der Waals surface area contributed by atoms with Crippen LogP contribution in [0.1, 0.15) is 38.7 Å². The second kappa shape index (κ2) is 8.03. The van der Waals surface area contributed by atoms with Crippen LogP contribution in [0.5, 0.6) is 0 Å². The molecule has 0 bridgehead atoms. The Morgan fingerprint density at radius 1 is 1.03 bits per heavy atom. The second-order valence-electron chi connectivity index (χ2n) is 7.47. The van der Waals surface area contributed by atoms with E-state index in [9.17, 15) is 14.0 Å². The van der Waals surface area contributed by atoms with E-state index >= 15 is 0 Å². The van der Waals surface area contributed by atoms with Gasteiger partial charge in [0.15, 0.2) is 0 Å². The number of benzene rings is 3. The predicted molar refractivity (Wildman–Crippen MR) is 118 cm³/mol. The number of hydrogen-bond donors (Lipinski definition) is 1. The Morgan fingerprint density at radius 3 is 2.47 bits per heavy atom. The monoisotopic (exact) mass is 466 g/mol. The summed E-state index contributed by atoms with van der Waals surface area (Å²) in [5, 5.41) is 2.89. The molecule has 0 spiro atoms. The Morgan fingerprint density at radius 2 is 1.77 bits per heavy atom. The van der Waals surface area contributed by atoms with Gasteiger partial charge in [-0.1, -0.05) is 34.1 Å². The van der Waals surface area contributed by atoms with Crippen LogP contribution in [0, 0.1) is 19.7 Å². The first-order valence-electron chi connectivity index (χ1n) is 9.56. The van der Waals surface area contributed by atoms with Crippen molar-refractivity contribution in [3.63, 3.8) is 0 Å². The number of halogens is 2. The highest BCUT2D eigenvalue weighted by Gasteiger charge is 2.34. The Bertz CT molecular complexity index is 1140. The number of rotatable bonds is 2. The fraction of sp³-hybridized carbons (Fsp3) is 0.167. The third-order valence-corrected chi connectivity index (χ3v) is 5.90. The van der Waals surface area contributed by atoms with Crippen molar-refractivity contribution < 1.29 is 14.0 Å². The molecule has 30 heavy (non-hydrogen) atoms. The summed E-state index contributed by atoms with van der Waals surface area (Å²) in [5.41, 5.74) is 4.72. The highest BCUT2D eigenvalue weighted by molar-refractivity contribution is 9.10. The van der Waals surface area contributed by atoms with Gasteiger partial charge in [0.1, 0.15) is 12.4 Å². The number of carbonyl (C=O) groups is 2. The van der Waals surface area contributed by atoms with Gasteiger partial charge in [-0.2, -0.15) is 0 Å². The van der Waals surface area contributed by atoms with Gasteiger partial charge in [0.25, 0.3) is 5.91 Å². The Hall–Kier alpha value is -2.99. The molecule has 0 radical (unpaired) electrons. The zero-order valence-corrected chi connectivity index (χ0v) is 18.2. The van der Waals surface area contributed by atoms with Crippen LogP contribution >= 0.6 is 15.9 Å². The van der Waals surface area contributed by atoms with Crippen LogP contribution in [-0.2, 0) is 4.79 Å². The van der Waals surface area contributed by atoms with Crippen molar-refractivity contribution in [2.75, 3.05) is 11.9 Å². The fourth-order valence-electron chi connectivity index (χ4n) is 3.71. The highest BCUT2D eigenvalue weighted by atomic mass is 79.9. The van der Waals surface area contributed by atoms with Crippen LogP contribution in [0.3, 0.4) is 0 Å². The van der Waals surface area contributed by atoms with Crippen LogP contribution in [-0.4, -0.2) is 23.3 Å². The molecule has 3 aromatic carbocycles. The van der Waals surface area contributed by atoms with Crippen LogP contribution in [0.2, 0.25) is 0 Å². The first-order valence-corrected chi connectivity index (χ1v) is 10.4. The molecular weight excluding hydrogens is 447 g/mol. The van der Waals surface area contributed by atoms with Crippen molar-refractivity contribution in [2.45, 2.75) is 19.9 Å². The quantitative estimate of drug-likeness (QED) is 0.550. The van der Waals surface area contributed by atoms with Crippen molar-refractivity contribution in [3.8, 4) is 0 Å². The normalized spacial score (nSPS) is 15.9. The molecular formula is C24H20BrFN2O2.